The highest BCUT2D eigenvalue weighted by Gasteiger charge is 2.27. The second-order valence-electron chi connectivity index (χ2n) is 5.51. The minimum atomic E-state index is -4.30. The number of hydrogen-bond acceptors (Lipinski definition) is 3. The van der Waals surface area contributed by atoms with Crippen molar-refractivity contribution in [3.8, 4) is 5.75 Å². The highest BCUT2D eigenvalue weighted by molar-refractivity contribution is 5.79. The van der Waals surface area contributed by atoms with E-state index >= 15 is 0 Å². The monoisotopic (exact) mass is 379 g/mol. The first-order valence-corrected chi connectivity index (χ1v) is 8.35. The Labute approximate surface area is 150 Å². The predicted molar refractivity (Wildman–Crippen MR) is 92.0 cm³/mol. The van der Waals surface area contributed by atoms with Crippen LogP contribution in [0, 0.1) is 5.82 Å². The first-order chi connectivity index (χ1) is 12.3. The Balaban J connectivity index is 2.27. The highest BCUT2D eigenvalue weighted by atomic mass is 19.4. The van der Waals surface area contributed by atoms with Crippen LogP contribution in [0.25, 0.3) is 0 Å². The molecule has 0 aliphatic heterocycles. The van der Waals surface area contributed by atoms with E-state index in [1.165, 1.54) is 12.1 Å². The number of ether oxygens (including phenoxy) is 2. The van der Waals surface area contributed by atoms with Gasteiger partial charge < -0.3 is 20.1 Å². The van der Waals surface area contributed by atoms with E-state index in [0.717, 1.165) is 0 Å². The Morgan fingerprint density at radius 3 is 2.65 bits per heavy atom. The van der Waals surface area contributed by atoms with Crippen LogP contribution in [0.4, 0.5) is 17.6 Å². The van der Waals surface area contributed by atoms with Gasteiger partial charge in [-0.2, -0.15) is 13.2 Å². The summed E-state index contributed by atoms with van der Waals surface area (Å²) in [5, 5.41) is 6.05. The van der Waals surface area contributed by atoms with Gasteiger partial charge in [0, 0.05) is 26.3 Å². The minimum absolute atomic E-state index is 0.00374. The third-order valence-electron chi connectivity index (χ3n) is 3.30. The number of halogens is 4. The van der Waals surface area contributed by atoms with Crippen molar-refractivity contribution in [2.75, 3.05) is 33.4 Å². The Hall–Kier alpha value is -2.03. The third kappa shape index (κ3) is 10.1. The van der Waals surface area contributed by atoms with Crippen LogP contribution in [0.15, 0.2) is 29.3 Å². The van der Waals surface area contributed by atoms with E-state index in [4.69, 9.17) is 4.74 Å². The van der Waals surface area contributed by atoms with Gasteiger partial charge >= 0.3 is 6.18 Å². The first kappa shape index (κ1) is 22.0. The van der Waals surface area contributed by atoms with Crippen molar-refractivity contribution in [2.45, 2.75) is 32.0 Å². The summed E-state index contributed by atoms with van der Waals surface area (Å²) in [5.74, 6) is 0.584. The Morgan fingerprint density at radius 1 is 1.27 bits per heavy atom. The summed E-state index contributed by atoms with van der Waals surface area (Å²) in [6.45, 7) is 1.56. The quantitative estimate of drug-likeness (QED) is 0.284. The van der Waals surface area contributed by atoms with E-state index in [-0.39, 0.29) is 18.5 Å². The van der Waals surface area contributed by atoms with E-state index in [9.17, 15) is 17.6 Å². The van der Waals surface area contributed by atoms with Crippen LogP contribution in [0.1, 0.15) is 19.8 Å². The number of aliphatic imine (C=N–C) groups is 1. The van der Waals surface area contributed by atoms with Gasteiger partial charge in [-0.05, 0) is 25.0 Å². The van der Waals surface area contributed by atoms with E-state index in [0.29, 0.717) is 37.6 Å². The molecule has 0 aliphatic rings. The van der Waals surface area contributed by atoms with Gasteiger partial charge in [0.1, 0.15) is 24.3 Å². The number of guanidine groups is 1. The maximum Gasteiger partial charge on any atom is 0.411 e. The van der Waals surface area contributed by atoms with Crippen LogP contribution < -0.4 is 15.4 Å². The van der Waals surface area contributed by atoms with E-state index in [1.807, 2.05) is 6.92 Å². The standard InChI is InChI=1S/C17H25F4N3O2/c1-3-14(26-15-7-4-6-13(18)10-15)11-24-16(22-2)23-8-5-9-25-12-17(19,20)21/h4,6-7,10,14H,3,5,8-9,11-12H2,1-2H3,(H2,22,23,24). The fourth-order valence-corrected chi connectivity index (χ4v) is 2.00. The zero-order valence-electron chi connectivity index (χ0n) is 14.9. The van der Waals surface area contributed by atoms with Gasteiger partial charge in [-0.15, -0.1) is 0 Å². The number of benzene rings is 1. The smallest absolute Gasteiger partial charge is 0.411 e. The molecule has 1 atom stereocenters. The van der Waals surface area contributed by atoms with Crippen LogP contribution in [0.5, 0.6) is 5.75 Å². The number of rotatable bonds is 10. The average Bonchev–Trinajstić information content (AvgIpc) is 2.58. The lowest BCUT2D eigenvalue weighted by atomic mass is 10.2. The van der Waals surface area contributed by atoms with Gasteiger partial charge in [0.05, 0.1) is 6.54 Å². The third-order valence-corrected chi connectivity index (χ3v) is 3.30. The minimum Gasteiger partial charge on any atom is -0.489 e. The summed E-state index contributed by atoms with van der Waals surface area (Å²) in [6, 6.07) is 5.92. The van der Waals surface area contributed by atoms with Gasteiger partial charge in [-0.25, -0.2) is 4.39 Å². The molecule has 1 aromatic carbocycles. The molecule has 0 fully saturated rings. The Kier molecular flexibility index (Phi) is 9.79. The van der Waals surface area contributed by atoms with Crippen LogP contribution in [0.2, 0.25) is 0 Å². The molecule has 0 aromatic heterocycles. The number of nitrogens with one attached hydrogen (secondary N) is 2. The van der Waals surface area contributed by atoms with Crippen molar-refractivity contribution in [1.82, 2.24) is 10.6 Å². The molecule has 5 nitrogen and oxygen atoms in total. The summed E-state index contributed by atoms with van der Waals surface area (Å²) in [4.78, 5) is 4.03. The van der Waals surface area contributed by atoms with Crippen LogP contribution in [-0.4, -0.2) is 51.6 Å². The highest BCUT2D eigenvalue weighted by Crippen LogP contribution is 2.15. The Morgan fingerprint density at radius 2 is 2.04 bits per heavy atom. The molecule has 9 heteroatoms. The molecule has 1 aromatic rings. The summed E-state index contributed by atoms with van der Waals surface area (Å²) in [6.07, 6.45) is -3.38. The number of hydrogen-bond donors (Lipinski definition) is 2. The maximum atomic E-state index is 13.2. The van der Waals surface area contributed by atoms with E-state index in [2.05, 4.69) is 20.4 Å². The van der Waals surface area contributed by atoms with Gasteiger partial charge in [0.15, 0.2) is 5.96 Å². The van der Waals surface area contributed by atoms with Crippen molar-refractivity contribution in [2.24, 2.45) is 4.99 Å². The van der Waals surface area contributed by atoms with E-state index < -0.39 is 12.8 Å². The molecule has 0 radical (unpaired) electrons. The predicted octanol–water partition coefficient (Wildman–Crippen LogP) is 3.12. The van der Waals surface area contributed by atoms with Crippen LogP contribution in [-0.2, 0) is 4.74 Å². The lowest BCUT2D eigenvalue weighted by Gasteiger charge is -2.20. The molecular formula is C17H25F4N3O2. The summed E-state index contributed by atoms with van der Waals surface area (Å²) < 4.78 is 59.2. The molecule has 0 saturated heterocycles. The SMILES string of the molecule is CCC(CNC(=NC)NCCCOCC(F)(F)F)Oc1cccc(F)c1. The lowest BCUT2D eigenvalue weighted by molar-refractivity contribution is -0.173. The molecule has 0 bridgehead atoms. The molecule has 1 unspecified atom stereocenters. The van der Waals surface area contributed by atoms with Gasteiger partial charge in [0.25, 0.3) is 0 Å². The summed E-state index contributed by atoms with van der Waals surface area (Å²) >= 11 is 0. The second-order valence-corrected chi connectivity index (χ2v) is 5.51. The molecule has 0 heterocycles. The van der Waals surface area contributed by atoms with E-state index in [1.54, 1.807) is 19.2 Å². The average molecular weight is 379 g/mol. The largest absolute Gasteiger partial charge is 0.489 e. The molecule has 0 aliphatic carbocycles. The molecule has 26 heavy (non-hydrogen) atoms. The second kappa shape index (κ2) is 11.6. The van der Waals surface area contributed by atoms with Gasteiger partial charge in [-0.1, -0.05) is 13.0 Å². The maximum absolute atomic E-state index is 13.2. The van der Waals surface area contributed by atoms with Crippen LogP contribution >= 0.6 is 0 Å². The van der Waals surface area contributed by atoms with Crippen LogP contribution in [0.3, 0.4) is 0 Å². The molecule has 0 saturated carbocycles. The molecule has 2 N–H and O–H groups in total. The Bertz CT molecular complexity index is 553. The molecule has 148 valence electrons. The molecular weight excluding hydrogens is 354 g/mol. The fraction of sp³-hybridized carbons (Fsp3) is 0.588. The normalized spacial score (nSPS) is 13.4. The zero-order valence-corrected chi connectivity index (χ0v) is 14.9. The van der Waals surface area contributed by atoms with Crippen molar-refractivity contribution < 1.29 is 27.0 Å². The van der Waals surface area contributed by atoms with Crippen molar-refractivity contribution >= 4 is 5.96 Å². The van der Waals surface area contributed by atoms with Crippen molar-refractivity contribution in [3.63, 3.8) is 0 Å². The van der Waals surface area contributed by atoms with Gasteiger partial charge in [0.2, 0.25) is 0 Å². The fourth-order valence-electron chi connectivity index (χ4n) is 2.00. The van der Waals surface area contributed by atoms with Crippen molar-refractivity contribution in [1.29, 1.82) is 0 Å². The summed E-state index contributed by atoms with van der Waals surface area (Å²) in [5.41, 5.74) is 0. The first-order valence-electron chi connectivity index (χ1n) is 8.35. The molecule has 1 rings (SSSR count). The number of alkyl halides is 3. The van der Waals surface area contributed by atoms with Gasteiger partial charge in [-0.3, -0.25) is 4.99 Å². The topological polar surface area (TPSA) is 54.9 Å². The zero-order chi connectivity index (χ0) is 19.4. The summed E-state index contributed by atoms with van der Waals surface area (Å²) in [7, 11) is 1.59. The molecule has 0 amide bonds. The van der Waals surface area contributed by atoms with Crippen molar-refractivity contribution in [3.05, 3.63) is 30.1 Å². The lowest BCUT2D eigenvalue weighted by Crippen LogP contribution is -2.42. The number of nitrogens with zero attached hydrogens (tertiary/aromatic N) is 1. The molecule has 0 spiro atoms.